The van der Waals surface area contributed by atoms with E-state index in [0.29, 0.717) is 12.0 Å². The van der Waals surface area contributed by atoms with Crippen LogP contribution in [0.1, 0.15) is 12.0 Å². The first-order chi connectivity index (χ1) is 10.9. The number of rotatable bonds is 7. The molecule has 2 rings (SSSR count). The van der Waals surface area contributed by atoms with Crippen molar-refractivity contribution in [1.82, 2.24) is 14.9 Å². The number of sulfonamides is 1. The SMILES string of the molecule is Cc1cccc([N+](=O)[O-])c1S(=O)(=O)NCCCN1CCNCC1.Cl.Cl. The Morgan fingerprint density at radius 1 is 1.28 bits per heavy atom. The van der Waals surface area contributed by atoms with Crippen molar-refractivity contribution in [2.75, 3.05) is 39.3 Å². The summed E-state index contributed by atoms with van der Waals surface area (Å²) in [7, 11) is -3.89. The molecule has 0 aliphatic carbocycles. The molecule has 1 aromatic carbocycles. The highest BCUT2D eigenvalue weighted by atomic mass is 35.5. The summed E-state index contributed by atoms with van der Waals surface area (Å²) in [5.41, 5.74) is -0.0200. The fourth-order valence-corrected chi connectivity index (χ4v) is 4.11. The molecule has 0 aromatic heterocycles. The standard InChI is InChI=1S/C14H22N4O4S.2ClH/c1-12-4-2-5-13(18(19)20)14(12)23(21,22)16-6-3-9-17-10-7-15-8-11-17;;/h2,4-5,15-16H,3,6-11H2,1H3;2*1H. The summed E-state index contributed by atoms with van der Waals surface area (Å²) < 4.78 is 27.3. The molecule has 0 radical (unpaired) electrons. The molecule has 0 saturated carbocycles. The van der Waals surface area contributed by atoms with Gasteiger partial charge in [-0.05, 0) is 25.5 Å². The summed E-state index contributed by atoms with van der Waals surface area (Å²) in [5, 5.41) is 14.3. The number of piperazine rings is 1. The van der Waals surface area contributed by atoms with Gasteiger partial charge in [0, 0.05) is 38.8 Å². The predicted molar refractivity (Wildman–Crippen MR) is 101 cm³/mol. The quantitative estimate of drug-likeness (QED) is 0.396. The maximum absolute atomic E-state index is 12.4. The normalized spacial score (nSPS) is 15.1. The number of nitrogens with zero attached hydrogens (tertiary/aromatic N) is 2. The summed E-state index contributed by atoms with van der Waals surface area (Å²) in [6, 6.07) is 4.25. The number of nitro groups is 1. The van der Waals surface area contributed by atoms with Crippen molar-refractivity contribution in [2.24, 2.45) is 0 Å². The summed E-state index contributed by atoms with van der Waals surface area (Å²) >= 11 is 0. The molecule has 144 valence electrons. The lowest BCUT2D eigenvalue weighted by Gasteiger charge is -2.27. The largest absolute Gasteiger partial charge is 0.314 e. The Bertz CT molecular complexity index is 667. The number of halogens is 2. The van der Waals surface area contributed by atoms with Crippen LogP contribution in [0.5, 0.6) is 0 Å². The highest BCUT2D eigenvalue weighted by Gasteiger charge is 2.27. The molecule has 1 heterocycles. The molecule has 0 unspecified atom stereocenters. The van der Waals surface area contributed by atoms with Gasteiger partial charge in [-0.15, -0.1) is 24.8 Å². The molecule has 11 heteroatoms. The molecule has 1 aliphatic rings. The monoisotopic (exact) mass is 414 g/mol. The van der Waals surface area contributed by atoms with Crippen LogP contribution >= 0.6 is 24.8 Å². The number of hydrogen-bond acceptors (Lipinski definition) is 6. The first kappa shape index (κ1) is 24.0. The van der Waals surface area contributed by atoms with E-state index in [1.807, 2.05) is 0 Å². The molecule has 1 saturated heterocycles. The maximum atomic E-state index is 12.4. The van der Waals surface area contributed by atoms with Crippen molar-refractivity contribution in [3.63, 3.8) is 0 Å². The van der Waals surface area contributed by atoms with Gasteiger partial charge >= 0.3 is 0 Å². The van der Waals surface area contributed by atoms with Crippen LogP contribution < -0.4 is 10.0 Å². The van der Waals surface area contributed by atoms with Gasteiger partial charge in [0.2, 0.25) is 10.0 Å². The molecule has 0 bridgehead atoms. The van der Waals surface area contributed by atoms with Crippen molar-refractivity contribution >= 4 is 40.5 Å². The minimum atomic E-state index is -3.89. The van der Waals surface area contributed by atoms with Gasteiger partial charge in [0.15, 0.2) is 4.90 Å². The van der Waals surface area contributed by atoms with Gasteiger partial charge in [-0.2, -0.15) is 0 Å². The lowest BCUT2D eigenvalue weighted by atomic mass is 10.2. The highest BCUT2D eigenvalue weighted by Crippen LogP contribution is 2.26. The van der Waals surface area contributed by atoms with Crippen molar-refractivity contribution in [3.8, 4) is 0 Å². The van der Waals surface area contributed by atoms with Gasteiger partial charge in [0.25, 0.3) is 5.69 Å². The van der Waals surface area contributed by atoms with E-state index in [0.717, 1.165) is 32.7 Å². The fraction of sp³-hybridized carbons (Fsp3) is 0.571. The molecular weight excluding hydrogens is 391 g/mol. The van der Waals surface area contributed by atoms with Gasteiger partial charge in [0.05, 0.1) is 4.92 Å². The van der Waals surface area contributed by atoms with Gasteiger partial charge in [0.1, 0.15) is 0 Å². The first-order valence-corrected chi connectivity index (χ1v) is 9.07. The average Bonchev–Trinajstić information content (AvgIpc) is 2.52. The summed E-state index contributed by atoms with van der Waals surface area (Å²) in [4.78, 5) is 12.4. The molecule has 0 amide bonds. The topological polar surface area (TPSA) is 105 Å². The number of hydrogen-bond donors (Lipinski definition) is 2. The Labute approximate surface area is 160 Å². The summed E-state index contributed by atoms with van der Waals surface area (Å²) in [6.45, 7) is 6.43. The second-order valence-electron chi connectivity index (χ2n) is 5.52. The van der Waals surface area contributed by atoms with Gasteiger partial charge in [-0.3, -0.25) is 10.1 Å². The molecule has 8 nitrogen and oxygen atoms in total. The number of nitro benzene ring substituents is 1. The molecule has 25 heavy (non-hydrogen) atoms. The minimum absolute atomic E-state index is 0. The van der Waals surface area contributed by atoms with Crippen LogP contribution in [0.4, 0.5) is 5.69 Å². The van der Waals surface area contributed by atoms with Crippen LogP contribution in [0.15, 0.2) is 23.1 Å². The van der Waals surface area contributed by atoms with Crippen LogP contribution in [0.3, 0.4) is 0 Å². The van der Waals surface area contributed by atoms with E-state index in [-0.39, 0.29) is 41.9 Å². The summed E-state index contributed by atoms with van der Waals surface area (Å²) in [6.07, 6.45) is 0.666. The molecule has 1 fully saturated rings. The highest BCUT2D eigenvalue weighted by molar-refractivity contribution is 7.89. The van der Waals surface area contributed by atoms with E-state index in [1.165, 1.54) is 12.1 Å². The van der Waals surface area contributed by atoms with E-state index >= 15 is 0 Å². The lowest BCUT2D eigenvalue weighted by Crippen LogP contribution is -2.44. The van der Waals surface area contributed by atoms with Crippen molar-refractivity contribution < 1.29 is 13.3 Å². The molecular formula is C14H24Cl2N4O4S. The average molecular weight is 415 g/mol. The van der Waals surface area contributed by atoms with Crippen LogP contribution in [-0.2, 0) is 10.0 Å². The molecule has 1 aromatic rings. The number of aryl methyl sites for hydroxylation is 1. The van der Waals surface area contributed by atoms with Crippen LogP contribution in [0.2, 0.25) is 0 Å². The zero-order valence-corrected chi connectivity index (χ0v) is 16.4. The molecule has 1 aliphatic heterocycles. The van der Waals surface area contributed by atoms with Crippen molar-refractivity contribution in [2.45, 2.75) is 18.2 Å². The van der Waals surface area contributed by atoms with Crippen LogP contribution in [0.25, 0.3) is 0 Å². The third-order valence-corrected chi connectivity index (χ3v) is 5.46. The van der Waals surface area contributed by atoms with E-state index in [1.54, 1.807) is 13.0 Å². The second-order valence-corrected chi connectivity index (χ2v) is 7.23. The molecule has 2 N–H and O–H groups in total. The Morgan fingerprint density at radius 3 is 2.52 bits per heavy atom. The third kappa shape index (κ3) is 6.69. The first-order valence-electron chi connectivity index (χ1n) is 7.58. The van der Waals surface area contributed by atoms with Crippen molar-refractivity contribution in [1.29, 1.82) is 0 Å². The van der Waals surface area contributed by atoms with Gasteiger partial charge in [-0.25, -0.2) is 13.1 Å². The number of benzene rings is 1. The van der Waals surface area contributed by atoms with Gasteiger partial charge < -0.3 is 10.2 Å². The zero-order valence-electron chi connectivity index (χ0n) is 13.9. The van der Waals surface area contributed by atoms with E-state index in [2.05, 4.69) is 14.9 Å². The second kappa shape index (κ2) is 10.9. The molecule has 0 atom stereocenters. The van der Waals surface area contributed by atoms with Crippen LogP contribution in [0, 0.1) is 17.0 Å². The molecule has 0 spiro atoms. The number of nitrogens with one attached hydrogen (secondary N) is 2. The minimum Gasteiger partial charge on any atom is -0.314 e. The van der Waals surface area contributed by atoms with E-state index in [9.17, 15) is 18.5 Å². The smallest absolute Gasteiger partial charge is 0.289 e. The lowest BCUT2D eigenvalue weighted by molar-refractivity contribution is -0.387. The van der Waals surface area contributed by atoms with Crippen LogP contribution in [-0.4, -0.2) is 57.5 Å². The van der Waals surface area contributed by atoms with Gasteiger partial charge in [-0.1, -0.05) is 12.1 Å². The Hall–Kier alpha value is -0.970. The summed E-state index contributed by atoms with van der Waals surface area (Å²) in [5.74, 6) is 0. The Morgan fingerprint density at radius 2 is 1.92 bits per heavy atom. The fourth-order valence-electron chi connectivity index (χ4n) is 2.65. The van der Waals surface area contributed by atoms with E-state index in [4.69, 9.17) is 0 Å². The Balaban J connectivity index is 0.00000288. The predicted octanol–water partition coefficient (Wildman–Crippen LogP) is 1.32. The third-order valence-electron chi connectivity index (χ3n) is 3.81. The van der Waals surface area contributed by atoms with E-state index < -0.39 is 14.9 Å². The Kier molecular flexibility index (Phi) is 10.5. The zero-order chi connectivity index (χ0) is 16.9. The maximum Gasteiger partial charge on any atom is 0.289 e. The van der Waals surface area contributed by atoms with Crippen molar-refractivity contribution in [3.05, 3.63) is 33.9 Å².